The molecule has 2 heterocycles. The number of amides is 1. The van der Waals surface area contributed by atoms with E-state index in [0.29, 0.717) is 23.7 Å². The van der Waals surface area contributed by atoms with Gasteiger partial charge < -0.3 is 10.6 Å². The molecule has 5 heteroatoms. The minimum absolute atomic E-state index is 0.184. The van der Waals surface area contributed by atoms with Gasteiger partial charge >= 0.3 is 0 Å². The van der Waals surface area contributed by atoms with E-state index in [1.165, 1.54) is 25.0 Å². The Morgan fingerprint density at radius 2 is 2.09 bits per heavy atom. The summed E-state index contributed by atoms with van der Waals surface area (Å²) in [6.07, 6.45) is 6.50. The molecule has 0 bridgehead atoms. The lowest BCUT2D eigenvalue weighted by atomic mass is 9.98. The predicted molar refractivity (Wildman–Crippen MR) is 89.1 cm³/mol. The van der Waals surface area contributed by atoms with Crippen molar-refractivity contribution in [2.24, 2.45) is 23.5 Å². The van der Waals surface area contributed by atoms with E-state index < -0.39 is 0 Å². The van der Waals surface area contributed by atoms with Crippen LogP contribution in [0.15, 0.2) is 6.20 Å². The molecule has 3 fully saturated rings. The molecule has 126 valence electrons. The van der Waals surface area contributed by atoms with Crippen LogP contribution in [0.25, 0.3) is 0 Å². The lowest BCUT2D eigenvalue weighted by Gasteiger charge is -2.19. The quantitative estimate of drug-likeness (QED) is 0.926. The van der Waals surface area contributed by atoms with Gasteiger partial charge in [-0.25, -0.2) is 0 Å². The highest BCUT2D eigenvalue weighted by Gasteiger charge is 2.43. The highest BCUT2D eigenvalue weighted by molar-refractivity contribution is 5.95. The zero-order valence-electron chi connectivity index (χ0n) is 14.2. The molecule has 3 unspecified atom stereocenters. The molecule has 3 aliphatic rings. The largest absolute Gasteiger partial charge is 0.338 e. The minimum Gasteiger partial charge on any atom is -0.338 e. The fourth-order valence-electron chi connectivity index (χ4n) is 4.48. The van der Waals surface area contributed by atoms with Gasteiger partial charge in [0.1, 0.15) is 0 Å². The maximum Gasteiger partial charge on any atom is 0.257 e. The Bertz CT molecular complexity index is 604. The maximum absolute atomic E-state index is 13.1. The molecule has 5 nitrogen and oxygen atoms in total. The summed E-state index contributed by atoms with van der Waals surface area (Å²) >= 11 is 0. The van der Waals surface area contributed by atoms with E-state index in [1.54, 1.807) is 0 Å². The van der Waals surface area contributed by atoms with Crippen LogP contribution in [0.5, 0.6) is 0 Å². The average molecular weight is 316 g/mol. The Morgan fingerprint density at radius 1 is 1.30 bits per heavy atom. The first-order valence-corrected chi connectivity index (χ1v) is 9.15. The Balaban J connectivity index is 1.56. The van der Waals surface area contributed by atoms with E-state index in [0.717, 1.165) is 31.6 Å². The summed E-state index contributed by atoms with van der Waals surface area (Å²) in [5, 5.41) is 4.54. The highest BCUT2D eigenvalue weighted by atomic mass is 16.2. The van der Waals surface area contributed by atoms with Crippen LogP contribution >= 0.6 is 0 Å². The van der Waals surface area contributed by atoms with Crippen LogP contribution in [0.1, 0.15) is 61.5 Å². The Morgan fingerprint density at radius 3 is 2.74 bits per heavy atom. The van der Waals surface area contributed by atoms with E-state index in [-0.39, 0.29) is 11.9 Å². The summed E-state index contributed by atoms with van der Waals surface area (Å²) in [5.74, 6) is 2.39. The van der Waals surface area contributed by atoms with Crippen molar-refractivity contribution < 1.29 is 4.79 Å². The van der Waals surface area contributed by atoms with Crippen LogP contribution in [-0.2, 0) is 6.54 Å². The summed E-state index contributed by atoms with van der Waals surface area (Å²) in [4.78, 5) is 15.1. The van der Waals surface area contributed by atoms with Gasteiger partial charge in [0.2, 0.25) is 0 Å². The first-order chi connectivity index (χ1) is 11.0. The molecule has 2 saturated carbocycles. The standard InChI is InChI=1S/C18H28N4O/c1-11(2)8-22-17(12-3-4-12)14(7-20-22)18(23)21-9-13-5-6-16(19)15(13)10-21/h7,11-13,15-16H,3-6,8-10,19H2,1-2H3. The first kappa shape index (κ1) is 15.2. The monoisotopic (exact) mass is 316 g/mol. The van der Waals surface area contributed by atoms with Gasteiger partial charge in [0.15, 0.2) is 0 Å². The van der Waals surface area contributed by atoms with Crippen molar-refractivity contribution in [3.05, 3.63) is 17.5 Å². The molecular formula is C18H28N4O. The Kier molecular flexibility index (Phi) is 3.71. The number of likely N-dealkylation sites (tertiary alicyclic amines) is 1. The molecule has 1 aromatic heterocycles. The first-order valence-electron chi connectivity index (χ1n) is 9.15. The predicted octanol–water partition coefficient (Wildman–Crippen LogP) is 2.23. The fraction of sp³-hybridized carbons (Fsp3) is 0.778. The van der Waals surface area contributed by atoms with Gasteiger partial charge in [-0.2, -0.15) is 5.10 Å². The van der Waals surface area contributed by atoms with E-state index >= 15 is 0 Å². The molecular weight excluding hydrogens is 288 g/mol. The third-order valence-corrected chi connectivity index (χ3v) is 5.81. The second-order valence-electron chi connectivity index (χ2n) is 8.17. The molecule has 3 atom stereocenters. The molecule has 4 rings (SSSR count). The van der Waals surface area contributed by atoms with Crippen molar-refractivity contribution in [2.45, 2.75) is 58.0 Å². The van der Waals surface area contributed by atoms with Crippen LogP contribution in [-0.4, -0.2) is 39.7 Å². The lowest BCUT2D eigenvalue weighted by molar-refractivity contribution is 0.0778. The third kappa shape index (κ3) is 2.69. The Labute approximate surface area is 138 Å². The second kappa shape index (κ2) is 5.62. The molecule has 2 N–H and O–H groups in total. The molecule has 2 aliphatic carbocycles. The number of fused-ring (bicyclic) bond motifs is 1. The summed E-state index contributed by atoms with van der Waals surface area (Å²) < 4.78 is 2.08. The van der Waals surface area contributed by atoms with Crippen molar-refractivity contribution >= 4 is 5.91 Å². The zero-order valence-corrected chi connectivity index (χ0v) is 14.2. The number of aromatic nitrogens is 2. The number of hydrogen-bond donors (Lipinski definition) is 1. The molecule has 0 aromatic carbocycles. The van der Waals surface area contributed by atoms with E-state index in [4.69, 9.17) is 5.73 Å². The van der Waals surface area contributed by atoms with Crippen molar-refractivity contribution in [3.8, 4) is 0 Å². The minimum atomic E-state index is 0.184. The zero-order chi connectivity index (χ0) is 16.1. The van der Waals surface area contributed by atoms with Gasteiger partial charge in [-0.15, -0.1) is 0 Å². The molecule has 1 saturated heterocycles. The Hall–Kier alpha value is -1.36. The van der Waals surface area contributed by atoms with Crippen molar-refractivity contribution in [1.82, 2.24) is 14.7 Å². The SMILES string of the molecule is CC(C)Cn1ncc(C(=O)N2CC3CCC(N)C3C2)c1C1CC1. The number of rotatable bonds is 4. The van der Waals surface area contributed by atoms with Gasteiger partial charge in [0, 0.05) is 31.6 Å². The van der Waals surface area contributed by atoms with Crippen molar-refractivity contribution in [2.75, 3.05) is 13.1 Å². The molecule has 1 aliphatic heterocycles. The summed E-state index contributed by atoms with van der Waals surface area (Å²) in [5.41, 5.74) is 8.25. The number of carbonyl (C=O) groups is 1. The molecule has 1 aromatic rings. The van der Waals surface area contributed by atoms with Crippen LogP contribution in [0.3, 0.4) is 0 Å². The van der Waals surface area contributed by atoms with Gasteiger partial charge in [0.25, 0.3) is 5.91 Å². The van der Waals surface area contributed by atoms with Gasteiger partial charge in [0.05, 0.1) is 17.5 Å². The molecule has 0 radical (unpaired) electrons. The fourth-order valence-corrected chi connectivity index (χ4v) is 4.48. The number of nitrogens with two attached hydrogens (primary N) is 1. The molecule has 0 spiro atoms. The number of hydrogen-bond acceptors (Lipinski definition) is 3. The highest BCUT2D eigenvalue weighted by Crippen LogP contribution is 2.43. The number of nitrogens with zero attached hydrogens (tertiary/aromatic N) is 3. The summed E-state index contributed by atoms with van der Waals surface area (Å²) in [7, 11) is 0. The normalized spacial score (nSPS) is 30.3. The third-order valence-electron chi connectivity index (χ3n) is 5.81. The summed E-state index contributed by atoms with van der Waals surface area (Å²) in [6, 6.07) is 0.282. The second-order valence-corrected chi connectivity index (χ2v) is 8.17. The lowest BCUT2D eigenvalue weighted by Crippen LogP contribution is -2.33. The van der Waals surface area contributed by atoms with E-state index in [9.17, 15) is 4.79 Å². The average Bonchev–Trinajstić information content (AvgIpc) is 2.97. The van der Waals surface area contributed by atoms with E-state index in [2.05, 4.69) is 23.6 Å². The molecule has 1 amide bonds. The van der Waals surface area contributed by atoms with Crippen molar-refractivity contribution in [1.29, 1.82) is 0 Å². The maximum atomic E-state index is 13.1. The molecule has 23 heavy (non-hydrogen) atoms. The van der Waals surface area contributed by atoms with Crippen LogP contribution in [0, 0.1) is 17.8 Å². The van der Waals surface area contributed by atoms with E-state index in [1.807, 2.05) is 11.1 Å². The topological polar surface area (TPSA) is 64.2 Å². The van der Waals surface area contributed by atoms with Crippen molar-refractivity contribution in [3.63, 3.8) is 0 Å². The van der Waals surface area contributed by atoms with Gasteiger partial charge in [-0.3, -0.25) is 9.48 Å². The van der Waals surface area contributed by atoms with Gasteiger partial charge in [-0.05, 0) is 43.4 Å². The van der Waals surface area contributed by atoms with Crippen LogP contribution < -0.4 is 5.73 Å². The van der Waals surface area contributed by atoms with Crippen LogP contribution in [0.2, 0.25) is 0 Å². The summed E-state index contributed by atoms with van der Waals surface area (Å²) in [6.45, 7) is 7.02. The van der Waals surface area contributed by atoms with Crippen LogP contribution in [0.4, 0.5) is 0 Å². The smallest absolute Gasteiger partial charge is 0.257 e. The number of carbonyl (C=O) groups excluding carboxylic acids is 1. The van der Waals surface area contributed by atoms with Gasteiger partial charge in [-0.1, -0.05) is 13.8 Å².